The summed E-state index contributed by atoms with van der Waals surface area (Å²) in [5.41, 5.74) is 5.73. The summed E-state index contributed by atoms with van der Waals surface area (Å²) in [6, 6.07) is 20.5. The van der Waals surface area contributed by atoms with E-state index in [0.29, 0.717) is 0 Å². The van der Waals surface area contributed by atoms with Crippen molar-refractivity contribution in [2.24, 2.45) is 4.99 Å². The van der Waals surface area contributed by atoms with Gasteiger partial charge < -0.3 is 4.90 Å². The van der Waals surface area contributed by atoms with Gasteiger partial charge in [-0.1, -0.05) is 73.5 Å². The Morgan fingerprint density at radius 1 is 0.909 bits per heavy atom. The van der Waals surface area contributed by atoms with Crippen LogP contribution in [-0.2, 0) is 0 Å². The average molecular weight is 328 g/mol. The van der Waals surface area contributed by atoms with Crippen LogP contribution >= 0.6 is 25.4 Å². The molecule has 3 unspecified atom stereocenters. The fourth-order valence-corrected chi connectivity index (χ4v) is 3.78. The predicted octanol–water partition coefficient (Wildman–Crippen LogP) is 3.02. The minimum absolute atomic E-state index is 0.00318. The zero-order valence-corrected chi connectivity index (χ0v) is 13.5. The van der Waals surface area contributed by atoms with Crippen LogP contribution in [0.3, 0.4) is 0 Å². The first kappa shape index (κ1) is 14.1. The van der Waals surface area contributed by atoms with Crippen LogP contribution in [0.1, 0.15) is 23.3 Å². The Hall–Kier alpha value is -1.47. The molecule has 0 bridgehead atoms. The largest absolute Gasteiger partial charge is 0.310 e. The van der Waals surface area contributed by atoms with Gasteiger partial charge in [0.15, 0.2) is 5.17 Å². The van der Waals surface area contributed by atoms with Crippen molar-refractivity contribution in [3.8, 4) is 0 Å². The van der Waals surface area contributed by atoms with Gasteiger partial charge in [-0.15, -0.1) is 12.6 Å². The Morgan fingerprint density at radius 2 is 1.50 bits per heavy atom. The van der Waals surface area contributed by atoms with Crippen molar-refractivity contribution in [1.82, 2.24) is 14.7 Å². The summed E-state index contributed by atoms with van der Waals surface area (Å²) in [7, 11) is 0. The summed E-state index contributed by atoms with van der Waals surface area (Å²) in [5, 5.41) is 0.733. The number of nitrogens with zero attached hydrogens (tertiary/aromatic N) is 3. The summed E-state index contributed by atoms with van der Waals surface area (Å²) in [6.45, 7) is 0. The maximum absolute atomic E-state index is 4.75. The molecular formula is C16H16N4S2. The molecular weight excluding hydrogens is 312 g/mol. The first-order valence-corrected chi connectivity index (χ1v) is 8.00. The van der Waals surface area contributed by atoms with Gasteiger partial charge in [0.2, 0.25) is 0 Å². The maximum atomic E-state index is 4.75. The molecule has 6 heteroatoms. The maximum Gasteiger partial charge on any atom is 0.159 e. The molecule has 0 spiro atoms. The van der Waals surface area contributed by atoms with E-state index in [1.165, 1.54) is 5.56 Å². The summed E-state index contributed by atoms with van der Waals surface area (Å²) in [5.74, 6) is 0. The van der Waals surface area contributed by atoms with Gasteiger partial charge in [-0.25, -0.2) is 5.43 Å². The van der Waals surface area contributed by atoms with E-state index in [2.05, 4.69) is 60.0 Å². The van der Waals surface area contributed by atoms with Gasteiger partial charge in [-0.2, -0.15) is 4.41 Å². The van der Waals surface area contributed by atoms with Crippen molar-refractivity contribution in [2.45, 2.75) is 18.4 Å². The van der Waals surface area contributed by atoms with Crippen LogP contribution in [0.15, 0.2) is 65.7 Å². The van der Waals surface area contributed by atoms with E-state index >= 15 is 0 Å². The van der Waals surface area contributed by atoms with Crippen LogP contribution in [0.2, 0.25) is 0 Å². The fourth-order valence-electron chi connectivity index (χ4n) is 3.08. The lowest BCUT2D eigenvalue weighted by atomic mass is 10.1. The van der Waals surface area contributed by atoms with Crippen LogP contribution in [-0.4, -0.2) is 20.6 Å². The van der Waals surface area contributed by atoms with E-state index in [-0.39, 0.29) is 18.4 Å². The van der Waals surface area contributed by atoms with Crippen LogP contribution in [0.4, 0.5) is 0 Å². The fraction of sp³-hybridized carbons (Fsp3) is 0.188. The topological polar surface area (TPSA) is 30.9 Å². The molecule has 2 aliphatic rings. The van der Waals surface area contributed by atoms with Crippen LogP contribution in [0.5, 0.6) is 0 Å². The zero-order chi connectivity index (χ0) is 15.1. The van der Waals surface area contributed by atoms with E-state index in [1.54, 1.807) is 0 Å². The molecule has 1 fully saturated rings. The van der Waals surface area contributed by atoms with Gasteiger partial charge in [0.05, 0.1) is 0 Å². The smallest absolute Gasteiger partial charge is 0.159 e. The second-order valence-electron chi connectivity index (χ2n) is 5.39. The van der Waals surface area contributed by atoms with Gasteiger partial charge in [0, 0.05) is 0 Å². The Labute approximate surface area is 140 Å². The molecule has 22 heavy (non-hydrogen) atoms. The first-order chi connectivity index (χ1) is 10.8. The molecule has 1 saturated heterocycles. The molecule has 4 rings (SSSR count). The number of nitrogens with one attached hydrogen (secondary N) is 1. The Balaban J connectivity index is 1.71. The molecule has 2 heterocycles. The number of hydrogen-bond acceptors (Lipinski definition) is 5. The normalized spacial score (nSPS) is 27.8. The number of aliphatic imine (C=N–C) groups is 1. The molecule has 0 aromatic heterocycles. The van der Waals surface area contributed by atoms with Gasteiger partial charge in [-0.05, 0) is 11.1 Å². The SMILES string of the molecule is SC1=NC(c2ccccc2)C2N(S)NC(c3ccccc3)N12. The third kappa shape index (κ3) is 2.23. The molecule has 0 amide bonds. The second-order valence-corrected chi connectivity index (χ2v) is 6.22. The highest BCUT2D eigenvalue weighted by molar-refractivity contribution is 7.96. The first-order valence-electron chi connectivity index (χ1n) is 7.15. The van der Waals surface area contributed by atoms with Gasteiger partial charge in [0.1, 0.15) is 18.4 Å². The second kappa shape index (κ2) is 5.62. The standard InChI is InChI=1S/C16H16N4S2/c21-16-17-13(11-7-3-1-4-8-11)15-19(16)14(18-20(15)22)12-9-5-2-6-10-12/h1-10,13-15,18,22H,(H,17,21). The van der Waals surface area contributed by atoms with E-state index in [4.69, 9.17) is 4.99 Å². The molecule has 4 nitrogen and oxygen atoms in total. The highest BCUT2D eigenvalue weighted by atomic mass is 32.1. The Bertz CT molecular complexity index is 692. The van der Waals surface area contributed by atoms with E-state index in [9.17, 15) is 0 Å². The molecule has 2 aromatic rings. The average Bonchev–Trinajstić information content (AvgIpc) is 3.09. The molecule has 0 aliphatic carbocycles. The minimum Gasteiger partial charge on any atom is -0.310 e. The number of hydrazine groups is 1. The summed E-state index contributed by atoms with van der Waals surface area (Å²) < 4.78 is 1.84. The third-order valence-corrected chi connectivity index (χ3v) is 4.79. The van der Waals surface area contributed by atoms with Gasteiger partial charge in [-0.3, -0.25) is 4.99 Å². The van der Waals surface area contributed by atoms with E-state index in [1.807, 2.05) is 40.8 Å². The summed E-state index contributed by atoms with van der Waals surface area (Å²) in [4.78, 5) is 6.92. The predicted molar refractivity (Wildman–Crippen MR) is 94.4 cm³/mol. The molecule has 1 N–H and O–H groups in total. The third-order valence-electron chi connectivity index (χ3n) is 4.09. The van der Waals surface area contributed by atoms with Gasteiger partial charge in [0.25, 0.3) is 0 Å². The van der Waals surface area contributed by atoms with Crippen LogP contribution in [0, 0.1) is 0 Å². The number of thiol groups is 2. The zero-order valence-electron chi connectivity index (χ0n) is 11.7. The number of amidine groups is 1. The molecule has 2 aromatic carbocycles. The Kier molecular flexibility index (Phi) is 3.62. The Morgan fingerprint density at radius 3 is 2.14 bits per heavy atom. The van der Waals surface area contributed by atoms with Crippen molar-refractivity contribution in [1.29, 1.82) is 0 Å². The quantitative estimate of drug-likeness (QED) is 0.741. The summed E-state index contributed by atoms with van der Waals surface area (Å²) in [6.07, 6.45) is -0.00268. The molecule has 3 atom stereocenters. The van der Waals surface area contributed by atoms with E-state index in [0.717, 1.165) is 10.7 Å². The molecule has 112 valence electrons. The monoisotopic (exact) mass is 328 g/mol. The van der Waals surface area contributed by atoms with E-state index < -0.39 is 0 Å². The van der Waals surface area contributed by atoms with Crippen LogP contribution < -0.4 is 5.43 Å². The lowest BCUT2D eigenvalue weighted by Gasteiger charge is -2.26. The number of rotatable bonds is 2. The van der Waals surface area contributed by atoms with Crippen molar-refractivity contribution in [3.63, 3.8) is 0 Å². The van der Waals surface area contributed by atoms with Crippen LogP contribution in [0.25, 0.3) is 0 Å². The van der Waals surface area contributed by atoms with Crippen molar-refractivity contribution in [2.75, 3.05) is 0 Å². The van der Waals surface area contributed by atoms with Crippen molar-refractivity contribution >= 4 is 30.6 Å². The minimum atomic E-state index is -0.00703. The number of fused-ring (bicyclic) bond motifs is 1. The number of hydrogen-bond donors (Lipinski definition) is 3. The highest BCUT2D eigenvalue weighted by Gasteiger charge is 2.48. The molecule has 2 aliphatic heterocycles. The van der Waals surface area contributed by atoms with Gasteiger partial charge >= 0.3 is 0 Å². The lowest BCUT2D eigenvalue weighted by molar-refractivity contribution is 0.258. The summed E-state index contributed by atoms with van der Waals surface area (Å²) >= 11 is 9.20. The van der Waals surface area contributed by atoms with Crippen molar-refractivity contribution in [3.05, 3.63) is 71.8 Å². The lowest BCUT2D eigenvalue weighted by Crippen LogP contribution is -2.36. The number of benzene rings is 2. The highest BCUT2D eigenvalue weighted by Crippen LogP contribution is 2.42. The molecule has 0 radical (unpaired) electrons. The molecule has 0 saturated carbocycles. The van der Waals surface area contributed by atoms with Crippen molar-refractivity contribution < 1.29 is 0 Å².